The first-order valence-electron chi connectivity index (χ1n) is 18.9. The molecule has 2 aromatic rings. The van der Waals surface area contributed by atoms with Gasteiger partial charge in [0.25, 0.3) is 0 Å². The number of urea groups is 2. The molecule has 0 bridgehead atoms. The lowest BCUT2D eigenvalue weighted by molar-refractivity contribution is -0.191. The van der Waals surface area contributed by atoms with Crippen molar-refractivity contribution in [1.82, 2.24) is 20.9 Å². The van der Waals surface area contributed by atoms with Gasteiger partial charge in [0, 0.05) is 77.3 Å². The summed E-state index contributed by atoms with van der Waals surface area (Å²) in [5.41, 5.74) is 2.01. The third-order valence-electron chi connectivity index (χ3n) is 9.32. The summed E-state index contributed by atoms with van der Waals surface area (Å²) >= 11 is 9.53. The van der Waals surface area contributed by atoms with Crippen LogP contribution in [-0.2, 0) is 23.9 Å². The zero-order chi connectivity index (χ0) is 41.1. The Morgan fingerprint density at radius 3 is 1.53 bits per heavy atom. The lowest BCUT2D eigenvalue weighted by Crippen LogP contribution is -2.49. The molecule has 4 aliphatic heterocycles. The number of likely N-dealkylation sites (tertiary alicyclic amines) is 1. The number of benzene rings is 2. The van der Waals surface area contributed by atoms with Gasteiger partial charge < -0.3 is 41.0 Å². The molecular formula is C40H60BCl2F2N6O7. The van der Waals surface area contributed by atoms with Crippen LogP contribution in [0.2, 0.25) is 0 Å². The molecule has 4 aliphatic rings. The maximum Gasteiger partial charge on any atom is 0.373 e. The van der Waals surface area contributed by atoms with Crippen LogP contribution in [0.5, 0.6) is 0 Å². The fraction of sp³-hybridized carbons (Fsp3) is 0.600. The molecule has 0 unspecified atom stereocenters. The van der Waals surface area contributed by atoms with Crippen LogP contribution in [0.15, 0.2) is 36.4 Å². The number of nitrogens with one attached hydrogen (secondary N) is 5. The van der Waals surface area contributed by atoms with Gasteiger partial charge in [0.15, 0.2) is 0 Å². The molecule has 0 atom stereocenters. The molecule has 0 aromatic heterocycles. The van der Waals surface area contributed by atoms with E-state index in [1.807, 2.05) is 4.90 Å². The molecule has 3 radical (unpaired) electrons. The van der Waals surface area contributed by atoms with Crippen LogP contribution < -0.4 is 26.6 Å². The van der Waals surface area contributed by atoms with Gasteiger partial charge in [-0.3, -0.25) is 4.79 Å². The number of aryl methyl sites for hydroxylation is 2. The second-order valence-electron chi connectivity index (χ2n) is 13.5. The second kappa shape index (κ2) is 32.1. The molecule has 4 saturated heterocycles. The Kier molecular flexibility index (Phi) is 30.0. The summed E-state index contributed by atoms with van der Waals surface area (Å²) in [5.74, 6) is -0.364. The van der Waals surface area contributed by atoms with E-state index in [-0.39, 0.29) is 74.9 Å². The zero-order valence-electron chi connectivity index (χ0n) is 32.8. The molecule has 18 heteroatoms. The van der Waals surface area contributed by atoms with Crippen LogP contribution in [0.3, 0.4) is 0 Å². The molecule has 5 N–H and O–H groups in total. The molecule has 323 valence electrons. The first kappa shape index (κ1) is 54.2. The molecule has 6 rings (SSSR count). The Morgan fingerprint density at radius 1 is 0.741 bits per heavy atom. The summed E-state index contributed by atoms with van der Waals surface area (Å²) in [6.07, 6.45) is 9.08. The number of alkyl halides is 2. The van der Waals surface area contributed by atoms with E-state index in [1.54, 1.807) is 38.1 Å². The van der Waals surface area contributed by atoms with Crippen molar-refractivity contribution in [3.8, 4) is 0 Å². The summed E-state index contributed by atoms with van der Waals surface area (Å²) < 4.78 is 37.2. The Hall–Kier alpha value is -3.79. The molecule has 2 aromatic carbocycles. The summed E-state index contributed by atoms with van der Waals surface area (Å²) in [4.78, 5) is 54.5. The third-order valence-corrected chi connectivity index (χ3v) is 9.32. The molecule has 4 fully saturated rings. The predicted molar refractivity (Wildman–Crippen MR) is 224 cm³/mol. The molecule has 4 heterocycles. The fourth-order valence-corrected chi connectivity index (χ4v) is 6.15. The Bertz CT molecular complexity index is 1490. The van der Waals surface area contributed by atoms with Crippen LogP contribution in [0, 0.1) is 31.4 Å². The van der Waals surface area contributed by atoms with Crippen LogP contribution >= 0.6 is 23.2 Å². The van der Waals surface area contributed by atoms with E-state index in [9.17, 15) is 23.2 Å². The van der Waals surface area contributed by atoms with Crippen molar-refractivity contribution in [2.75, 3.05) is 68.6 Å². The minimum absolute atomic E-state index is 0. The monoisotopic (exact) mass is 855 g/mol. The minimum Gasteiger partial charge on any atom is -0.381 e. The van der Waals surface area contributed by atoms with Gasteiger partial charge in [0.05, 0.1) is 5.34 Å². The number of ether oxygens (including phenoxy) is 2. The fourth-order valence-electron chi connectivity index (χ4n) is 6.15. The average molecular weight is 857 g/mol. The number of nitrogens with zero attached hydrogens (tertiary/aromatic N) is 1. The molecule has 0 aliphatic carbocycles. The number of amides is 5. The van der Waals surface area contributed by atoms with E-state index in [0.29, 0.717) is 48.8 Å². The molecule has 58 heavy (non-hydrogen) atoms. The summed E-state index contributed by atoms with van der Waals surface area (Å²) in [6, 6.07) is 8.88. The summed E-state index contributed by atoms with van der Waals surface area (Å²) in [7, 11) is 0. The highest BCUT2D eigenvalue weighted by Gasteiger charge is 2.30. The zero-order valence-corrected chi connectivity index (χ0v) is 34.3. The van der Waals surface area contributed by atoms with Crippen molar-refractivity contribution in [3.05, 3.63) is 59.2 Å². The van der Waals surface area contributed by atoms with E-state index in [0.717, 1.165) is 64.8 Å². The standard InChI is InChI=1S/C19H26FN3O3.C13H18FN3O.C5H10O.CH2Cl2.CO2.CH4.B/c1-13-2-3-16(12-17(13)20)22-19(25)21-15-4-8-23(9-5-15)18(24)14-6-10-26-11-7-14;1-9-2-3-11(8-12(9)14)17-13(18)16-10-4-6-15-7-5-10;1-2-4-6-5-3-1;2*2-1-3;;/h2-3,12,14-15H,4-11H2,1H3,(H2,21,22,25);2-3,8,10,15H,4-7H2,1H3,(H2,16,17,18);1-5H2;1H2;;1H4;. The third kappa shape index (κ3) is 22.4. The highest BCUT2D eigenvalue weighted by Crippen LogP contribution is 2.21. The summed E-state index contributed by atoms with van der Waals surface area (Å²) in [5, 5.41) is 14.5. The average Bonchev–Trinajstić information content (AvgIpc) is 3.20. The molecular weight excluding hydrogens is 796 g/mol. The van der Waals surface area contributed by atoms with Crippen molar-refractivity contribution in [3.63, 3.8) is 0 Å². The minimum atomic E-state index is -0.345. The highest BCUT2D eigenvalue weighted by atomic mass is 35.5. The van der Waals surface area contributed by atoms with Gasteiger partial charge in [-0.2, -0.15) is 9.59 Å². The number of anilines is 2. The van der Waals surface area contributed by atoms with Crippen LogP contribution in [0.4, 0.5) is 29.7 Å². The van der Waals surface area contributed by atoms with Crippen molar-refractivity contribution in [2.24, 2.45) is 5.92 Å². The van der Waals surface area contributed by atoms with Crippen LogP contribution in [-0.4, -0.2) is 107 Å². The molecule has 0 saturated carbocycles. The lowest BCUT2D eigenvalue weighted by atomic mass is 9.96. The second-order valence-corrected chi connectivity index (χ2v) is 14.3. The Balaban J connectivity index is 0.000000877. The normalized spacial score (nSPS) is 16.6. The number of piperidine rings is 2. The number of rotatable bonds is 5. The quantitative estimate of drug-likeness (QED) is 0.159. The maximum atomic E-state index is 13.5. The van der Waals surface area contributed by atoms with Gasteiger partial charge in [-0.25, -0.2) is 18.4 Å². The number of hydrogen-bond acceptors (Lipinski definition) is 8. The SMILES string of the molecule is C.C1CCOCC1.Cc1ccc(NC(=O)NC2CCN(C(=O)C3CCOCC3)CC2)cc1F.Cc1ccc(NC(=O)NC2CCNCC2)cc1F.ClCCl.O=C=O.[B]. The van der Waals surface area contributed by atoms with Gasteiger partial charge in [-0.15, -0.1) is 23.2 Å². The van der Waals surface area contributed by atoms with Crippen LogP contribution in [0.25, 0.3) is 0 Å². The largest absolute Gasteiger partial charge is 0.381 e. The first-order valence-corrected chi connectivity index (χ1v) is 20.0. The van der Waals surface area contributed by atoms with E-state index in [2.05, 4.69) is 26.6 Å². The van der Waals surface area contributed by atoms with E-state index < -0.39 is 0 Å². The number of carbonyl (C=O) groups is 3. The van der Waals surface area contributed by atoms with Crippen molar-refractivity contribution in [1.29, 1.82) is 0 Å². The molecule has 13 nitrogen and oxygen atoms in total. The van der Waals surface area contributed by atoms with Gasteiger partial charge in [-0.1, -0.05) is 19.6 Å². The number of halogens is 4. The van der Waals surface area contributed by atoms with Gasteiger partial charge in [0.2, 0.25) is 5.91 Å². The molecule has 0 spiro atoms. The van der Waals surface area contributed by atoms with Crippen molar-refractivity contribution in [2.45, 2.75) is 91.1 Å². The van der Waals surface area contributed by atoms with E-state index in [4.69, 9.17) is 42.3 Å². The van der Waals surface area contributed by atoms with E-state index in [1.165, 1.54) is 31.4 Å². The first-order chi connectivity index (χ1) is 27.0. The van der Waals surface area contributed by atoms with Gasteiger partial charge >= 0.3 is 18.2 Å². The number of hydrogen-bond donors (Lipinski definition) is 5. The maximum absolute atomic E-state index is 13.5. The molecule has 5 amide bonds. The number of carbonyl (C=O) groups excluding carboxylic acids is 5. The van der Waals surface area contributed by atoms with E-state index >= 15 is 0 Å². The topological polar surface area (TPSA) is 167 Å². The highest BCUT2D eigenvalue weighted by molar-refractivity contribution is 6.40. The Morgan fingerprint density at radius 2 is 1.16 bits per heavy atom. The Labute approximate surface area is 354 Å². The van der Waals surface area contributed by atoms with Gasteiger partial charge in [0.1, 0.15) is 11.6 Å². The smallest absolute Gasteiger partial charge is 0.373 e. The predicted octanol–water partition coefficient (Wildman–Crippen LogP) is 6.96. The van der Waals surface area contributed by atoms with Crippen molar-refractivity contribution < 1.29 is 42.2 Å². The van der Waals surface area contributed by atoms with Crippen LogP contribution in [0.1, 0.15) is 76.3 Å². The lowest BCUT2D eigenvalue weighted by Gasteiger charge is -2.35. The summed E-state index contributed by atoms with van der Waals surface area (Å²) in [6.45, 7) is 9.83. The van der Waals surface area contributed by atoms with Crippen molar-refractivity contribution >= 4 is 67.1 Å². The van der Waals surface area contributed by atoms with Gasteiger partial charge in [-0.05, 0) is 120 Å².